The smallest absolute Gasteiger partial charge is 0.242 e. The van der Waals surface area contributed by atoms with E-state index in [2.05, 4.69) is 48.6 Å². The monoisotopic (exact) mass is 400 g/mol. The molecule has 2 aromatic carbocycles. The minimum absolute atomic E-state index is 0.0245. The van der Waals surface area contributed by atoms with Gasteiger partial charge in [0.15, 0.2) is 0 Å². The number of ether oxygens (including phenoxy) is 1. The van der Waals surface area contributed by atoms with E-state index in [0.717, 1.165) is 28.4 Å². The molecule has 0 unspecified atom stereocenters. The van der Waals surface area contributed by atoms with E-state index in [1.165, 1.54) is 5.56 Å². The number of carbonyl (C=O) groups is 1. The highest BCUT2D eigenvalue weighted by molar-refractivity contribution is 8.21. The van der Waals surface area contributed by atoms with Gasteiger partial charge in [-0.1, -0.05) is 42.0 Å². The maximum absolute atomic E-state index is 12.1. The first-order valence-corrected chi connectivity index (χ1v) is 10.9. The number of carbonyl (C=O) groups excluding carboxylic acids is 1. The number of nitrogens with zero attached hydrogens (tertiary/aromatic N) is 1. The maximum atomic E-state index is 12.1. The van der Waals surface area contributed by atoms with Gasteiger partial charge in [0.05, 0.1) is 16.7 Å². The van der Waals surface area contributed by atoms with E-state index >= 15 is 0 Å². The van der Waals surface area contributed by atoms with Crippen LogP contribution >= 0.6 is 23.5 Å². The summed E-state index contributed by atoms with van der Waals surface area (Å²) in [6.45, 7) is 4.71. The fourth-order valence-electron chi connectivity index (χ4n) is 2.70. The number of amides is 1. The van der Waals surface area contributed by atoms with E-state index in [1.54, 1.807) is 6.21 Å². The summed E-state index contributed by atoms with van der Waals surface area (Å²) in [7, 11) is 0. The third kappa shape index (κ3) is 6.33. The third-order valence-electron chi connectivity index (χ3n) is 4.17. The quantitative estimate of drug-likeness (QED) is 0.545. The van der Waals surface area contributed by atoms with Crippen molar-refractivity contribution in [3.05, 3.63) is 65.2 Å². The first-order chi connectivity index (χ1) is 13.0. The lowest BCUT2D eigenvalue weighted by atomic mass is 10.2. The van der Waals surface area contributed by atoms with Gasteiger partial charge in [-0.25, -0.2) is 5.43 Å². The van der Waals surface area contributed by atoms with Gasteiger partial charge >= 0.3 is 0 Å². The van der Waals surface area contributed by atoms with Crippen LogP contribution in [0.4, 0.5) is 0 Å². The van der Waals surface area contributed by atoms with Crippen LogP contribution in [0.2, 0.25) is 0 Å². The number of thioether (sulfide) groups is 2. The van der Waals surface area contributed by atoms with E-state index in [-0.39, 0.29) is 9.99 Å². The molecular formula is C21H24N2O2S2. The number of hydrogen-bond acceptors (Lipinski definition) is 5. The van der Waals surface area contributed by atoms with Gasteiger partial charge in [0.25, 0.3) is 0 Å². The highest BCUT2D eigenvalue weighted by Crippen LogP contribution is 2.45. The topological polar surface area (TPSA) is 50.7 Å². The van der Waals surface area contributed by atoms with E-state index < -0.39 is 0 Å². The SMILES string of the molecule is Cc1ccc(COc2cccc(/C=N\NC(=O)CC3(C)SCCS3)c2)cc1. The standard InChI is InChI=1S/C21H24N2O2S2/c1-16-6-8-17(9-7-16)15-25-19-5-3-4-18(12-19)14-22-23-20(24)13-21(2)26-10-11-27-21/h3-9,12,14H,10-11,13,15H2,1-2H3,(H,23,24)/b22-14-. The first kappa shape index (κ1) is 19.8. The molecule has 0 atom stereocenters. The number of hydrazone groups is 1. The summed E-state index contributed by atoms with van der Waals surface area (Å²) in [5.74, 6) is 2.93. The van der Waals surface area contributed by atoms with Crippen LogP contribution in [0.3, 0.4) is 0 Å². The van der Waals surface area contributed by atoms with Crippen LogP contribution < -0.4 is 10.2 Å². The van der Waals surface area contributed by atoms with Gasteiger partial charge in [-0.15, -0.1) is 23.5 Å². The number of benzene rings is 2. The van der Waals surface area contributed by atoms with E-state index in [9.17, 15) is 4.79 Å². The molecule has 27 heavy (non-hydrogen) atoms. The minimum atomic E-state index is -0.0533. The lowest BCUT2D eigenvalue weighted by molar-refractivity contribution is -0.121. The lowest BCUT2D eigenvalue weighted by Crippen LogP contribution is -2.26. The average Bonchev–Trinajstić information content (AvgIpc) is 3.07. The fourth-order valence-corrected chi connectivity index (χ4v) is 5.53. The van der Waals surface area contributed by atoms with E-state index in [0.29, 0.717) is 13.0 Å². The van der Waals surface area contributed by atoms with Crippen molar-refractivity contribution in [1.82, 2.24) is 5.43 Å². The van der Waals surface area contributed by atoms with Crippen molar-refractivity contribution in [1.29, 1.82) is 0 Å². The van der Waals surface area contributed by atoms with Gasteiger partial charge < -0.3 is 4.74 Å². The van der Waals surface area contributed by atoms with Crippen LogP contribution in [0.5, 0.6) is 5.75 Å². The Balaban J connectivity index is 1.50. The molecular weight excluding hydrogens is 376 g/mol. The summed E-state index contributed by atoms with van der Waals surface area (Å²) in [5.41, 5.74) is 5.87. The maximum Gasteiger partial charge on any atom is 0.242 e. The Labute approximate surface area is 169 Å². The molecule has 2 aromatic rings. The molecule has 1 aliphatic rings. The predicted octanol–water partition coefficient (Wildman–Crippen LogP) is 4.61. The van der Waals surface area contributed by atoms with Gasteiger partial charge in [0.2, 0.25) is 5.91 Å². The zero-order valence-electron chi connectivity index (χ0n) is 15.6. The number of nitrogens with one attached hydrogen (secondary N) is 1. The van der Waals surface area contributed by atoms with Crippen LogP contribution in [-0.2, 0) is 11.4 Å². The Hall–Kier alpha value is -1.92. The van der Waals surface area contributed by atoms with Crippen molar-refractivity contribution in [2.45, 2.75) is 31.0 Å². The van der Waals surface area contributed by atoms with Gasteiger partial charge in [-0.05, 0) is 37.1 Å². The van der Waals surface area contributed by atoms with Crippen LogP contribution in [0.15, 0.2) is 53.6 Å². The molecule has 0 aromatic heterocycles. The molecule has 4 nitrogen and oxygen atoms in total. The molecule has 1 heterocycles. The third-order valence-corrected chi connectivity index (χ3v) is 7.46. The summed E-state index contributed by atoms with van der Waals surface area (Å²) < 4.78 is 5.82. The summed E-state index contributed by atoms with van der Waals surface area (Å²) in [5, 5.41) is 4.09. The Morgan fingerprint density at radius 3 is 2.70 bits per heavy atom. The normalized spacial score (nSPS) is 15.8. The first-order valence-electron chi connectivity index (χ1n) is 8.91. The van der Waals surface area contributed by atoms with Crippen LogP contribution in [0.1, 0.15) is 30.0 Å². The van der Waals surface area contributed by atoms with Crippen LogP contribution in [-0.4, -0.2) is 27.7 Å². The van der Waals surface area contributed by atoms with Crippen molar-refractivity contribution in [3.63, 3.8) is 0 Å². The van der Waals surface area contributed by atoms with Gasteiger partial charge in [-0.3, -0.25) is 4.79 Å². The Kier molecular flexibility index (Phi) is 6.85. The number of hydrogen-bond donors (Lipinski definition) is 1. The molecule has 1 aliphatic heterocycles. The molecule has 0 bridgehead atoms. The molecule has 0 aliphatic carbocycles. The molecule has 1 amide bonds. The van der Waals surface area contributed by atoms with E-state index in [4.69, 9.17) is 4.74 Å². The molecule has 1 N–H and O–H groups in total. The Bertz CT molecular complexity index is 800. The molecule has 0 radical (unpaired) electrons. The van der Waals surface area contributed by atoms with Crippen molar-refractivity contribution in [2.24, 2.45) is 5.10 Å². The number of rotatable bonds is 7. The second-order valence-electron chi connectivity index (χ2n) is 6.65. The molecule has 142 valence electrons. The van der Waals surface area contributed by atoms with Gasteiger partial charge in [-0.2, -0.15) is 5.10 Å². The van der Waals surface area contributed by atoms with Crippen molar-refractivity contribution < 1.29 is 9.53 Å². The van der Waals surface area contributed by atoms with Crippen molar-refractivity contribution in [3.8, 4) is 5.75 Å². The molecule has 6 heteroatoms. The van der Waals surface area contributed by atoms with Crippen molar-refractivity contribution in [2.75, 3.05) is 11.5 Å². The zero-order chi connectivity index (χ0) is 19.1. The van der Waals surface area contributed by atoms with Crippen molar-refractivity contribution >= 4 is 35.6 Å². The largest absolute Gasteiger partial charge is 0.489 e. The van der Waals surface area contributed by atoms with Crippen LogP contribution in [0.25, 0.3) is 0 Å². The fraction of sp³-hybridized carbons (Fsp3) is 0.333. The summed E-state index contributed by atoms with van der Waals surface area (Å²) in [6, 6.07) is 16.0. The molecule has 1 fully saturated rings. The van der Waals surface area contributed by atoms with Gasteiger partial charge in [0.1, 0.15) is 12.4 Å². The van der Waals surface area contributed by atoms with Gasteiger partial charge in [0, 0.05) is 11.5 Å². The highest BCUT2D eigenvalue weighted by Gasteiger charge is 2.32. The van der Waals surface area contributed by atoms with E-state index in [1.807, 2.05) is 47.8 Å². The number of aryl methyl sites for hydroxylation is 1. The highest BCUT2D eigenvalue weighted by atomic mass is 32.2. The Morgan fingerprint density at radius 1 is 1.22 bits per heavy atom. The second kappa shape index (κ2) is 9.33. The average molecular weight is 401 g/mol. The zero-order valence-corrected chi connectivity index (χ0v) is 17.2. The van der Waals surface area contributed by atoms with Crippen LogP contribution in [0, 0.1) is 6.92 Å². The summed E-state index contributed by atoms with van der Waals surface area (Å²) in [4.78, 5) is 12.1. The summed E-state index contributed by atoms with van der Waals surface area (Å²) >= 11 is 3.69. The molecule has 3 rings (SSSR count). The molecule has 1 saturated heterocycles. The second-order valence-corrected chi connectivity index (χ2v) is 10.1. The minimum Gasteiger partial charge on any atom is -0.489 e. The predicted molar refractivity (Wildman–Crippen MR) is 116 cm³/mol. The lowest BCUT2D eigenvalue weighted by Gasteiger charge is -2.19. The Morgan fingerprint density at radius 2 is 1.96 bits per heavy atom. The molecule has 0 spiro atoms. The molecule has 0 saturated carbocycles. The summed E-state index contributed by atoms with van der Waals surface area (Å²) in [6.07, 6.45) is 2.12.